The molecule has 1 unspecified atom stereocenters. The fourth-order valence-corrected chi connectivity index (χ4v) is 5.15. The second kappa shape index (κ2) is 9.29. The van der Waals surface area contributed by atoms with E-state index < -0.39 is 0 Å². The third kappa shape index (κ3) is 4.53. The first-order valence-electron chi connectivity index (χ1n) is 10.2. The van der Waals surface area contributed by atoms with E-state index in [0.717, 1.165) is 50.2 Å². The molecule has 3 aliphatic rings. The highest BCUT2D eigenvalue weighted by Gasteiger charge is 2.33. The number of carbonyl (C=O) groups is 2. The molecule has 152 valence electrons. The van der Waals surface area contributed by atoms with E-state index in [1.54, 1.807) is 0 Å². The zero-order valence-electron chi connectivity index (χ0n) is 16.2. The molecule has 4 rings (SSSR count). The molecule has 0 spiro atoms. The molecule has 2 amide bonds. The minimum atomic E-state index is -0.182. The first-order chi connectivity index (χ1) is 13.7. The number of carbonyl (C=O) groups excluding carboxylic acids is 2. The molecule has 0 saturated carbocycles. The largest absolute Gasteiger partial charge is 0.350 e. The van der Waals surface area contributed by atoms with Crippen LogP contribution >= 0.6 is 11.8 Å². The first kappa shape index (κ1) is 19.7. The average molecular weight is 405 g/mol. The molecule has 0 bridgehead atoms. The lowest BCUT2D eigenvalue weighted by Gasteiger charge is -2.35. The minimum Gasteiger partial charge on any atom is -0.350 e. The molecule has 0 radical (unpaired) electrons. The molecule has 3 saturated heterocycles. The van der Waals surface area contributed by atoms with Crippen LogP contribution in [-0.4, -0.2) is 73.0 Å². The van der Waals surface area contributed by atoms with Crippen LogP contribution in [-0.2, 0) is 14.3 Å². The Kier molecular flexibility index (Phi) is 6.54. The van der Waals surface area contributed by atoms with E-state index in [0.29, 0.717) is 31.1 Å². The topological polar surface area (TPSA) is 59.1 Å². The van der Waals surface area contributed by atoms with Gasteiger partial charge in [0.25, 0.3) is 5.91 Å². The fraction of sp³-hybridized carbons (Fsp3) is 0.619. The van der Waals surface area contributed by atoms with Gasteiger partial charge in [0.15, 0.2) is 6.29 Å². The zero-order chi connectivity index (χ0) is 19.3. The highest BCUT2D eigenvalue weighted by atomic mass is 32.2. The highest BCUT2D eigenvalue weighted by molar-refractivity contribution is 8.00. The van der Waals surface area contributed by atoms with Crippen LogP contribution in [0.5, 0.6) is 0 Å². The lowest BCUT2D eigenvalue weighted by atomic mass is 9.96. The number of rotatable bonds is 5. The lowest BCUT2D eigenvalue weighted by molar-refractivity contribution is -0.127. The van der Waals surface area contributed by atoms with Crippen molar-refractivity contribution in [3.8, 4) is 0 Å². The first-order valence-corrected chi connectivity index (χ1v) is 11.2. The van der Waals surface area contributed by atoms with Crippen molar-refractivity contribution >= 4 is 23.6 Å². The van der Waals surface area contributed by atoms with Crippen LogP contribution in [0, 0.1) is 5.92 Å². The van der Waals surface area contributed by atoms with Crippen LogP contribution < -0.4 is 0 Å². The maximum atomic E-state index is 13.2. The molecule has 7 heteroatoms. The van der Waals surface area contributed by atoms with Gasteiger partial charge in [0, 0.05) is 37.0 Å². The Morgan fingerprint density at radius 2 is 1.71 bits per heavy atom. The number of likely N-dealkylation sites (tertiary alicyclic amines) is 2. The third-order valence-corrected chi connectivity index (χ3v) is 6.76. The number of nitrogens with zero attached hydrogens (tertiary/aromatic N) is 2. The Hall–Kier alpha value is -1.57. The molecule has 0 aliphatic carbocycles. The van der Waals surface area contributed by atoms with Gasteiger partial charge in [0.05, 0.1) is 24.5 Å². The van der Waals surface area contributed by atoms with E-state index in [4.69, 9.17) is 9.47 Å². The smallest absolute Gasteiger partial charge is 0.255 e. The Bertz CT molecular complexity index is 701. The average Bonchev–Trinajstić information content (AvgIpc) is 3.46. The second-order valence-electron chi connectivity index (χ2n) is 7.64. The lowest BCUT2D eigenvalue weighted by Crippen LogP contribution is -2.44. The summed E-state index contributed by atoms with van der Waals surface area (Å²) in [5.74, 6) is 0.825. The van der Waals surface area contributed by atoms with Crippen LogP contribution in [0.4, 0.5) is 0 Å². The van der Waals surface area contributed by atoms with Crippen LogP contribution in [0.1, 0.15) is 36.0 Å². The van der Waals surface area contributed by atoms with Gasteiger partial charge in [-0.05, 0) is 37.8 Å². The monoisotopic (exact) mass is 404 g/mol. The Morgan fingerprint density at radius 3 is 2.50 bits per heavy atom. The van der Waals surface area contributed by atoms with E-state index in [-0.39, 0.29) is 24.0 Å². The molecule has 28 heavy (non-hydrogen) atoms. The third-order valence-electron chi connectivity index (χ3n) is 5.70. The summed E-state index contributed by atoms with van der Waals surface area (Å²) >= 11 is 1.47. The van der Waals surface area contributed by atoms with Gasteiger partial charge in [-0.2, -0.15) is 0 Å². The molecule has 1 atom stereocenters. The molecular formula is C21H28N2O4S. The highest BCUT2D eigenvalue weighted by Crippen LogP contribution is 2.29. The van der Waals surface area contributed by atoms with Crippen molar-refractivity contribution < 1.29 is 19.1 Å². The predicted molar refractivity (Wildman–Crippen MR) is 107 cm³/mol. The summed E-state index contributed by atoms with van der Waals surface area (Å²) < 4.78 is 11.3. The van der Waals surface area contributed by atoms with Crippen molar-refractivity contribution in [1.29, 1.82) is 0 Å². The minimum absolute atomic E-state index is 0.0411. The van der Waals surface area contributed by atoms with Crippen LogP contribution in [0.15, 0.2) is 29.2 Å². The van der Waals surface area contributed by atoms with Crippen molar-refractivity contribution in [2.45, 2.75) is 36.9 Å². The quantitative estimate of drug-likeness (QED) is 0.706. The van der Waals surface area contributed by atoms with Gasteiger partial charge < -0.3 is 19.3 Å². The van der Waals surface area contributed by atoms with Crippen molar-refractivity contribution in [3.63, 3.8) is 0 Å². The molecular weight excluding hydrogens is 376 g/mol. The molecule has 3 fully saturated rings. The zero-order valence-corrected chi connectivity index (χ0v) is 17.0. The summed E-state index contributed by atoms with van der Waals surface area (Å²) in [7, 11) is 0. The second-order valence-corrected chi connectivity index (χ2v) is 8.65. The van der Waals surface area contributed by atoms with Crippen molar-refractivity contribution in [2.24, 2.45) is 5.92 Å². The van der Waals surface area contributed by atoms with Crippen LogP contribution in [0.25, 0.3) is 0 Å². The molecule has 1 aromatic rings. The van der Waals surface area contributed by atoms with Gasteiger partial charge in [-0.15, -0.1) is 11.8 Å². The molecule has 0 aromatic heterocycles. The van der Waals surface area contributed by atoms with E-state index >= 15 is 0 Å². The number of amides is 2. The summed E-state index contributed by atoms with van der Waals surface area (Å²) in [5.41, 5.74) is 0.690. The van der Waals surface area contributed by atoms with E-state index in [1.165, 1.54) is 11.8 Å². The number of piperidine rings is 1. The van der Waals surface area contributed by atoms with E-state index in [2.05, 4.69) is 0 Å². The Morgan fingerprint density at radius 1 is 1.00 bits per heavy atom. The van der Waals surface area contributed by atoms with Crippen molar-refractivity contribution in [3.05, 3.63) is 29.8 Å². The predicted octanol–water partition coefficient (Wildman–Crippen LogP) is 2.63. The summed E-state index contributed by atoms with van der Waals surface area (Å²) in [6.45, 7) is 4.42. The maximum absolute atomic E-state index is 13.2. The number of hydrogen-bond acceptors (Lipinski definition) is 5. The number of benzene rings is 1. The van der Waals surface area contributed by atoms with E-state index in [9.17, 15) is 9.59 Å². The molecule has 3 heterocycles. The van der Waals surface area contributed by atoms with Crippen molar-refractivity contribution in [2.75, 3.05) is 45.1 Å². The summed E-state index contributed by atoms with van der Waals surface area (Å²) in [5, 5.41) is 0. The van der Waals surface area contributed by atoms with Crippen molar-refractivity contribution in [1.82, 2.24) is 9.80 Å². The van der Waals surface area contributed by atoms with Gasteiger partial charge in [-0.25, -0.2) is 0 Å². The van der Waals surface area contributed by atoms with Crippen LogP contribution in [0.3, 0.4) is 0 Å². The Balaban J connectivity index is 1.40. The fourth-order valence-electron chi connectivity index (χ4n) is 4.20. The van der Waals surface area contributed by atoms with E-state index in [1.807, 2.05) is 34.1 Å². The van der Waals surface area contributed by atoms with Gasteiger partial charge >= 0.3 is 0 Å². The summed E-state index contributed by atoms with van der Waals surface area (Å²) in [4.78, 5) is 30.3. The molecule has 1 aromatic carbocycles. The summed E-state index contributed by atoms with van der Waals surface area (Å²) in [6.07, 6.45) is 3.99. The number of hydrogen-bond donors (Lipinski definition) is 0. The SMILES string of the molecule is O=C(CSc1ccccc1C(=O)N1CCCC(C2OCCO2)C1)N1CCCC1. The van der Waals surface area contributed by atoms with Gasteiger partial charge in [-0.1, -0.05) is 12.1 Å². The van der Waals surface area contributed by atoms with Gasteiger partial charge in [0.2, 0.25) is 5.91 Å². The maximum Gasteiger partial charge on any atom is 0.255 e. The normalized spacial score (nSPS) is 23.4. The van der Waals surface area contributed by atoms with Gasteiger partial charge in [0.1, 0.15) is 0 Å². The number of ether oxygens (including phenoxy) is 2. The molecule has 3 aliphatic heterocycles. The Labute approximate surface area is 170 Å². The van der Waals surface area contributed by atoms with Gasteiger partial charge in [-0.3, -0.25) is 9.59 Å². The summed E-state index contributed by atoms with van der Waals surface area (Å²) in [6, 6.07) is 7.64. The van der Waals surface area contributed by atoms with Crippen LogP contribution in [0.2, 0.25) is 0 Å². The molecule has 0 N–H and O–H groups in total. The molecule has 6 nitrogen and oxygen atoms in total. The number of thioether (sulfide) groups is 1. The standard InChI is InChI=1S/C21H28N2O4S/c24-19(22-9-3-4-10-22)15-28-18-8-2-1-7-17(18)20(25)23-11-5-6-16(14-23)21-26-12-13-27-21/h1-2,7-8,16,21H,3-6,9-15H2.